The molecule has 0 bridgehead atoms. The zero-order valence-corrected chi connectivity index (χ0v) is 10.2. The lowest BCUT2D eigenvalue weighted by Gasteiger charge is -2.06. The van der Waals surface area contributed by atoms with Gasteiger partial charge in [-0.15, -0.1) is 0 Å². The molecule has 0 aliphatic rings. The fraction of sp³-hybridized carbons (Fsp3) is 0. The number of aromatic nitrogens is 2. The maximum absolute atomic E-state index is 6.14. The lowest BCUT2D eigenvalue weighted by atomic mass is 10.2. The van der Waals surface area contributed by atoms with Crippen LogP contribution in [0.3, 0.4) is 0 Å². The Balaban J connectivity index is 2.31. The molecule has 0 unspecified atom stereocenters. The molecule has 3 rings (SSSR count). The van der Waals surface area contributed by atoms with Gasteiger partial charge in [0.2, 0.25) is 0 Å². The van der Waals surface area contributed by atoms with Crippen LogP contribution in [0.25, 0.3) is 22.3 Å². The Kier molecular flexibility index (Phi) is 2.61. The van der Waals surface area contributed by atoms with Gasteiger partial charge in [-0.3, -0.25) is 0 Å². The number of nitrogen functional groups attached to an aromatic ring is 1. The van der Waals surface area contributed by atoms with Gasteiger partial charge in [0, 0.05) is 10.9 Å². The third kappa shape index (κ3) is 1.79. The molecule has 0 fully saturated rings. The Morgan fingerprint density at radius 1 is 0.889 bits per heavy atom. The van der Waals surface area contributed by atoms with Crippen molar-refractivity contribution in [2.75, 3.05) is 5.73 Å². The van der Waals surface area contributed by atoms with Crippen molar-refractivity contribution in [1.29, 1.82) is 0 Å². The van der Waals surface area contributed by atoms with Gasteiger partial charge in [-0.05, 0) is 12.1 Å². The van der Waals surface area contributed by atoms with E-state index in [1.165, 1.54) is 0 Å². The van der Waals surface area contributed by atoms with E-state index in [4.69, 9.17) is 17.3 Å². The van der Waals surface area contributed by atoms with Crippen LogP contribution in [0.1, 0.15) is 0 Å². The Morgan fingerprint density at radius 3 is 2.44 bits per heavy atom. The summed E-state index contributed by atoms with van der Waals surface area (Å²) in [7, 11) is 0. The van der Waals surface area contributed by atoms with Crippen molar-refractivity contribution in [2.45, 2.75) is 0 Å². The van der Waals surface area contributed by atoms with Gasteiger partial charge in [-0.1, -0.05) is 48.0 Å². The SMILES string of the molecule is Nc1nc(-c2ccccc2)nc2c(Cl)cccc12. The summed E-state index contributed by atoms with van der Waals surface area (Å²) in [6.07, 6.45) is 0. The first-order valence-corrected chi connectivity index (χ1v) is 5.90. The van der Waals surface area contributed by atoms with Crippen LogP contribution in [0.4, 0.5) is 5.82 Å². The highest BCUT2D eigenvalue weighted by atomic mass is 35.5. The van der Waals surface area contributed by atoms with E-state index in [2.05, 4.69) is 9.97 Å². The highest BCUT2D eigenvalue weighted by Crippen LogP contribution is 2.27. The smallest absolute Gasteiger partial charge is 0.162 e. The molecule has 0 atom stereocenters. The van der Waals surface area contributed by atoms with Crippen LogP contribution in [0.15, 0.2) is 48.5 Å². The highest BCUT2D eigenvalue weighted by molar-refractivity contribution is 6.35. The van der Waals surface area contributed by atoms with Gasteiger partial charge >= 0.3 is 0 Å². The van der Waals surface area contributed by atoms with Gasteiger partial charge in [0.05, 0.1) is 10.5 Å². The average molecular weight is 256 g/mol. The number of hydrogen-bond donors (Lipinski definition) is 1. The highest BCUT2D eigenvalue weighted by Gasteiger charge is 2.08. The van der Waals surface area contributed by atoms with Crippen LogP contribution in [-0.4, -0.2) is 9.97 Å². The lowest BCUT2D eigenvalue weighted by molar-refractivity contribution is 1.23. The van der Waals surface area contributed by atoms with Crippen LogP contribution < -0.4 is 5.73 Å². The van der Waals surface area contributed by atoms with E-state index in [1.807, 2.05) is 42.5 Å². The van der Waals surface area contributed by atoms with Gasteiger partial charge in [-0.25, -0.2) is 9.97 Å². The summed E-state index contributed by atoms with van der Waals surface area (Å²) in [5.74, 6) is 1.04. The number of benzene rings is 2. The molecular formula is C14H10ClN3. The molecule has 2 N–H and O–H groups in total. The zero-order chi connectivity index (χ0) is 12.5. The largest absolute Gasteiger partial charge is 0.383 e. The Hall–Kier alpha value is -2.13. The summed E-state index contributed by atoms with van der Waals surface area (Å²) in [4.78, 5) is 8.80. The second-order valence-electron chi connectivity index (χ2n) is 3.93. The van der Waals surface area contributed by atoms with E-state index in [0.717, 1.165) is 10.9 Å². The van der Waals surface area contributed by atoms with Crippen molar-refractivity contribution in [3.8, 4) is 11.4 Å². The first-order chi connectivity index (χ1) is 8.75. The zero-order valence-electron chi connectivity index (χ0n) is 9.47. The van der Waals surface area contributed by atoms with Gasteiger partial charge in [0.1, 0.15) is 5.82 Å². The van der Waals surface area contributed by atoms with Gasteiger partial charge < -0.3 is 5.73 Å². The minimum Gasteiger partial charge on any atom is -0.383 e. The second-order valence-corrected chi connectivity index (χ2v) is 4.34. The summed E-state index contributed by atoms with van der Waals surface area (Å²) in [6, 6.07) is 15.2. The van der Waals surface area contributed by atoms with Gasteiger partial charge in [0.15, 0.2) is 5.82 Å². The normalized spacial score (nSPS) is 10.7. The fourth-order valence-corrected chi connectivity index (χ4v) is 2.07. The Morgan fingerprint density at radius 2 is 1.67 bits per heavy atom. The van der Waals surface area contributed by atoms with E-state index in [9.17, 15) is 0 Å². The molecule has 0 saturated carbocycles. The van der Waals surface area contributed by atoms with Crippen LogP contribution in [-0.2, 0) is 0 Å². The summed E-state index contributed by atoms with van der Waals surface area (Å²) in [5.41, 5.74) is 7.56. The van der Waals surface area contributed by atoms with Gasteiger partial charge in [0.25, 0.3) is 0 Å². The summed E-state index contributed by atoms with van der Waals surface area (Å²) in [5, 5.41) is 1.36. The van der Waals surface area contributed by atoms with E-state index in [0.29, 0.717) is 22.2 Å². The number of rotatable bonds is 1. The van der Waals surface area contributed by atoms with Crippen LogP contribution in [0.5, 0.6) is 0 Å². The molecule has 0 amide bonds. The lowest BCUT2D eigenvalue weighted by Crippen LogP contribution is -1.98. The number of hydrogen-bond acceptors (Lipinski definition) is 3. The molecule has 3 nitrogen and oxygen atoms in total. The van der Waals surface area contributed by atoms with E-state index < -0.39 is 0 Å². The molecule has 0 radical (unpaired) electrons. The predicted molar refractivity (Wildman–Crippen MR) is 74.4 cm³/mol. The van der Waals surface area contributed by atoms with E-state index in [-0.39, 0.29) is 0 Å². The van der Waals surface area contributed by atoms with E-state index >= 15 is 0 Å². The molecule has 18 heavy (non-hydrogen) atoms. The van der Waals surface area contributed by atoms with Crippen LogP contribution in [0, 0.1) is 0 Å². The van der Waals surface area contributed by atoms with Crippen LogP contribution in [0.2, 0.25) is 5.02 Å². The number of fused-ring (bicyclic) bond motifs is 1. The maximum atomic E-state index is 6.14. The predicted octanol–water partition coefficient (Wildman–Crippen LogP) is 3.53. The first-order valence-electron chi connectivity index (χ1n) is 5.53. The first kappa shape index (κ1) is 11.0. The number of anilines is 1. The number of para-hydroxylation sites is 1. The molecule has 88 valence electrons. The third-order valence-electron chi connectivity index (χ3n) is 2.74. The molecule has 2 aromatic carbocycles. The fourth-order valence-electron chi connectivity index (χ4n) is 1.86. The minimum atomic E-state index is 0.446. The maximum Gasteiger partial charge on any atom is 0.162 e. The van der Waals surface area contributed by atoms with Crippen molar-refractivity contribution in [3.05, 3.63) is 53.6 Å². The molecule has 3 aromatic rings. The Labute approximate surface area is 109 Å². The average Bonchev–Trinajstić information content (AvgIpc) is 2.41. The number of halogens is 1. The Bertz CT molecular complexity index is 711. The molecule has 0 spiro atoms. The number of nitrogens with two attached hydrogens (primary N) is 1. The molecule has 1 heterocycles. The topological polar surface area (TPSA) is 51.8 Å². The molecule has 1 aromatic heterocycles. The quantitative estimate of drug-likeness (QED) is 0.724. The number of nitrogens with zero attached hydrogens (tertiary/aromatic N) is 2. The van der Waals surface area contributed by atoms with Crippen molar-refractivity contribution in [3.63, 3.8) is 0 Å². The second kappa shape index (κ2) is 4.27. The monoisotopic (exact) mass is 255 g/mol. The summed E-state index contributed by atoms with van der Waals surface area (Å²) < 4.78 is 0. The van der Waals surface area contributed by atoms with Crippen molar-refractivity contribution < 1.29 is 0 Å². The summed E-state index contributed by atoms with van der Waals surface area (Å²) >= 11 is 6.14. The summed E-state index contributed by atoms with van der Waals surface area (Å²) in [6.45, 7) is 0. The third-order valence-corrected chi connectivity index (χ3v) is 3.04. The molecule has 4 heteroatoms. The van der Waals surface area contributed by atoms with E-state index in [1.54, 1.807) is 6.07 Å². The van der Waals surface area contributed by atoms with Crippen LogP contribution >= 0.6 is 11.6 Å². The van der Waals surface area contributed by atoms with Crippen molar-refractivity contribution in [1.82, 2.24) is 9.97 Å². The minimum absolute atomic E-state index is 0.446. The van der Waals surface area contributed by atoms with Crippen molar-refractivity contribution >= 4 is 28.3 Å². The van der Waals surface area contributed by atoms with Crippen molar-refractivity contribution in [2.24, 2.45) is 0 Å². The molecule has 0 aliphatic carbocycles. The van der Waals surface area contributed by atoms with Gasteiger partial charge in [-0.2, -0.15) is 0 Å². The standard InChI is InChI=1S/C14H10ClN3/c15-11-8-4-7-10-12(11)17-14(18-13(10)16)9-5-2-1-3-6-9/h1-8H,(H2,16,17,18). The molecule has 0 aliphatic heterocycles. The molecular weight excluding hydrogens is 246 g/mol. The molecule has 0 saturated heterocycles.